The van der Waals surface area contributed by atoms with Gasteiger partial charge in [-0.15, -0.1) is 11.8 Å². The van der Waals surface area contributed by atoms with Gasteiger partial charge in [0.25, 0.3) is 0 Å². The van der Waals surface area contributed by atoms with Crippen molar-refractivity contribution >= 4 is 11.8 Å². The molecule has 0 fully saturated rings. The molecule has 0 radical (unpaired) electrons. The van der Waals surface area contributed by atoms with Crippen LogP contribution in [0.15, 0.2) is 47.6 Å². The van der Waals surface area contributed by atoms with Gasteiger partial charge in [0.05, 0.1) is 0 Å². The number of hydrogen-bond donors (Lipinski definition) is 0. The van der Waals surface area contributed by atoms with Crippen molar-refractivity contribution in [1.82, 2.24) is 0 Å². The van der Waals surface area contributed by atoms with Gasteiger partial charge < -0.3 is 0 Å². The molecule has 0 aliphatic heterocycles. The predicted octanol–water partition coefficient (Wildman–Crippen LogP) is 6.08. The van der Waals surface area contributed by atoms with Gasteiger partial charge in [0.15, 0.2) is 0 Å². The highest BCUT2D eigenvalue weighted by atomic mass is 32.2. The molecule has 1 unspecified atom stereocenters. The fourth-order valence-corrected chi connectivity index (χ4v) is 5.16. The highest BCUT2D eigenvalue weighted by Crippen LogP contribution is 2.55. The minimum absolute atomic E-state index is 0.184. The van der Waals surface area contributed by atoms with E-state index in [4.69, 9.17) is 0 Å². The summed E-state index contributed by atoms with van der Waals surface area (Å²) in [7, 11) is 0. The molecule has 0 aromatic heterocycles. The lowest BCUT2D eigenvalue weighted by Gasteiger charge is -2.49. The molecule has 0 bridgehead atoms. The van der Waals surface area contributed by atoms with Gasteiger partial charge in [0.2, 0.25) is 0 Å². The van der Waals surface area contributed by atoms with Crippen LogP contribution in [0.4, 0.5) is 0 Å². The van der Waals surface area contributed by atoms with E-state index in [-0.39, 0.29) is 10.2 Å². The highest BCUT2D eigenvalue weighted by molar-refractivity contribution is 8.00. The first kappa shape index (κ1) is 15.7. The van der Waals surface area contributed by atoms with E-state index in [0.29, 0.717) is 0 Å². The molecule has 0 amide bonds. The van der Waals surface area contributed by atoms with Crippen LogP contribution in [0.25, 0.3) is 0 Å². The zero-order valence-electron chi connectivity index (χ0n) is 13.4. The summed E-state index contributed by atoms with van der Waals surface area (Å²) in [5.74, 6) is 1.26. The highest BCUT2D eigenvalue weighted by Gasteiger charge is 2.48. The second-order valence-electron chi connectivity index (χ2n) is 6.43. The molecule has 0 aromatic rings. The fourth-order valence-electron chi connectivity index (χ4n) is 3.39. The van der Waals surface area contributed by atoms with Crippen molar-refractivity contribution in [2.45, 2.75) is 58.1 Å². The fraction of sp³-hybridized carbons (Fsp3) is 0.579. The van der Waals surface area contributed by atoms with Gasteiger partial charge in [-0.1, -0.05) is 69.2 Å². The summed E-state index contributed by atoms with van der Waals surface area (Å²) >= 11 is 2.18. The molecule has 0 aromatic carbocycles. The molecule has 2 aliphatic rings. The summed E-state index contributed by atoms with van der Waals surface area (Å²) in [6, 6.07) is 0. The minimum atomic E-state index is 0.184. The Kier molecular flexibility index (Phi) is 5.01. The molecule has 0 nitrogen and oxygen atoms in total. The van der Waals surface area contributed by atoms with Crippen molar-refractivity contribution < 1.29 is 0 Å². The Hall–Kier alpha value is -0.690. The van der Waals surface area contributed by atoms with Crippen molar-refractivity contribution in [1.29, 1.82) is 0 Å². The predicted molar refractivity (Wildman–Crippen MR) is 93.2 cm³/mol. The molecule has 0 spiro atoms. The minimum Gasteiger partial charge on any atom is -0.149 e. The molecule has 1 atom stereocenters. The van der Waals surface area contributed by atoms with Gasteiger partial charge in [-0.25, -0.2) is 0 Å². The molecule has 1 heteroatoms. The third-order valence-electron chi connectivity index (χ3n) is 4.87. The van der Waals surface area contributed by atoms with Crippen LogP contribution in [-0.2, 0) is 0 Å². The molecule has 0 saturated heterocycles. The quantitative estimate of drug-likeness (QED) is 0.534. The van der Waals surface area contributed by atoms with Crippen LogP contribution in [0.2, 0.25) is 0 Å². The van der Waals surface area contributed by atoms with Gasteiger partial charge in [0, 0.05) is 10.2 Å². The average molecular weight is 288 g/mol. The molecule has 0 heterocycles. The zero-order chi connectivity index (χ0) is 14.6. The first-order chi connectivity index (χ1) is 9.54. The smallest absolute Gasteiger partial charge is 0.0493 e. The number of allylic oxidation sites excluding steroid dienone is 7. The Balaban J connectivity index is 2.33. The molecular weight excluding hydrogens is 260 g/mol. The lowest BCUT2D eigenvalue weighted by Crippen LogP contribution is -2.44. The van der Waals surface area contributed by atoms with E-state index < -0.39 is 0 Å². The van der Waals surface area contributed by atoms with E-state index >= 15 is 0 Å². The number of hydrogen-bond acceptors (Lipinski definition) is 1. The second kappa shape index (κ2) is 6.39. The maximum Gasteiger partial charge on any atom is 0.0493 e. The number of unbranched alkanes of at least 4 members (excludes halogenated alkanes) is 1. The SMILES string of the molecule is CCCCSC1(C(C)(C)C2=CCC=C2)CC=CC=C1C. The van der Waals surface area contributed by atoms with Crippen LogP contribution >= 0.6 is 11.8 Å². The summed E-state index contributed by atoms with van der Waals surface area (Å²) in [4.78, 5) is 0. The van der Waals surface area contributed by atoms with Gasteiger partial charge in [-0.2, -0.15) is 0 Å². The summed E-state index contributed by atoms with van der Waals surface area (Å²) in [5.41, 5.74) is 3.24. The maximum atomic E-state index is 2.43. The van der Waals surface area contributed by atoms with E-state index in [1.807, 2.05) is 0 Å². The molecule has 0 saturated carbocycles. The van der Waals surface area contributed by atoms with Crippen LogP contribution in [0.3, 0.4) is 0 Å². The Bertz CT molecular complexity index is 462. The van der Waals surface area contributed by atoms with E-state index in [9.17, 15) is 0 Å². The first-order valence-corrected chi connectivity index (χ1v) is 8.88. The standard InChI is InChI=1S/C19H28S/c1-5-6-15-20-19(14-10-9-11-16(19)2)18(3,4)17-12-7-8-13-17/h7,9-13H,5-6,8,14-15H2,1-4H3. The molecule has 2 aliphatic carbocycles. The van der Waals surface area contributed by atoms with Gasteiger partial charge >= 0.3 is 0 Å². The first-order valence-electron chi connectivity index (χ1n) is 7.89. The van der Waals surface area contributed by atoms with Gasteiger partial charge in [-0.05, 0) is 37.5 Å². The number of rotatable bonds is 6. The van der Waals surface area contributed by atoms with Crippen molar-refractivity contribution in [2.24, 2.45) is 5.41 Å². The molecule has 2 rings (SSSR count). The van der Waals surface area contributed by atoms with Crippen LogP contribution in [0, 0.1) is 5.41 Å². The molecule has 20 heavy (non-hydrogen) atoms. The largest absolute Gasteiger partial charge is 0.149 e. The average Bonchev–Trinajstić information content (AvgIpc) is 2.96. The third-order valence-corrected chi connectivity index (χ3v) is 6.86. The Morgan fingerprint density at radius 2 is 2.10 bits per heavy atom. The van der Waals surface area contributed by atoms with Crippen molar-refractivity contribution in [3.05, 3.63) is 47.6 Å². The third kappa shape index (κ3) is 2.70. The molecule has 0 N–H and O–H groups in total. The van der Waals surface area contributed by atoms with Crippen LogP contribution < -0.4 is 0 Å². The van der Waals surface area contributed by atoms with Crippen molar-refractivity contribution in [2.75, 3.05) is 5.75 Å². The Morgan fingerprint density at radius 1 is 1.30 bits per heavy atom. The monoisotopic (exact) mass is 288 g/mol. The van der Waals surface area contributed by atoms with Gasteiger partial charge in [0.1, 0.15) is 0 Å². The summed E-state index contributed by atoms with van der Waals surface area (Å²) in [5, 5.41) is 0. The van der Waals surface area contributed by atoms with E-state index in [2.05, 4.69) is 75.9 Å². The van der Waals surface area contributed by atoms with Crippen LogP contribution in [0.1, 0.15) is 53.4 Å². The maximum absolute atomic E-state index is 2.43. The number of thioether (sulfide) groups is 1. The molecular formula is C19H28S. The zero-order valence-corrected chi connectivity index (χ0v) is 14.2. The van der Waals surface area contributed by atoms with Crippen LogP contribution in [-0.4, -0.2) is 10.5 Å². The second-order valence-corrected chi connectivity index (χ2v) is 7.83. The van der Waals surface area contributed by atoms with E-state index in [0.717, 1.165) is 12.8 Å². The summed E-state index contributed by atoms with van der Waals surface area (Å²) in [6.07, 6.45) is 18.8. The normalized spacial score (nSPS) is 25.8. The Morgan fingerprint density at radius 3 is 2.70 bits per heavy atom. The van der Waals surface area contributed by atoms with E-state index in [1.54, 1.807) is 0 Å². The Labute approximate surface area is 129 Å². The van der Waals surface area contributed by atoms with Gasteiger partial charge in [-0.3, -0.25) is 0 Å². The van der Waals surface area contributed by atoms with Crippen molar-refractivity contribution in [3.8, 4) is 0 Å². The van der Waals surface area contributed by atoms with Crippen molar-refractivity contribution in [3.63, 3.8) is 0 Å². The summed E-state index contributed by atoms with van der Waals surface area (Å²) in [6.45, 7) is 9.47. The van der Waals surface area contributed by atoms with E-state index in [1.165, 1.54) is 29.7 Å². The molecule has 110 valence electrons. The lowest BCUT2D eigenvalue weighted by atomic mass is 9.67. The lowest BCUT2D eigenvalue weighted by molar-refractivity contribution is 0.349. The van der Waals surface area contributed by atoms with Crippen LogP contribution in [0.5, 0.6) is 0 Å². The topological polar surface area (TPSA) is 0 Å². The summed E-state index contributed by atoms with van der Waals surface area (Å²) < 4.78 is 0.220.